The van der Waals surface area contributed by atoms with Crippen LogP contribution in [0.1, 0.15) is 24.0 Å². The number of hydrogen-bond acceptors (Lipinski definition) is 2. The third-order valence-electron chi connectivity index (χ3n) is 3.08. The molecule has 1 saturated carbocycles. The number of halogens is 1. The zero-order chi connectivity index (χ0) is 11.8. The van der Waals surface area contributed by atoms with Gasteiger partial charge in [0.15, 0.2) is 0 Å². The van der Waals surface area contributed by atoms with Crippen molar-refractivity contribution >= 4 is 5.97 Å². The molecule has 0 atom stereocenters. The summed E-state index contributed by atoms with van der Waals surface area (Å²) in [7, 11) is 0. The standard InChI is InChI=1S/C12H14FNO2/c1-8-6-10(13)3-2-9(8)7-14-12(4-5-12)11(15)16/h2-3,6,14H,4-5,7H2,1H3,(H,15,16). The second-order valence-electron chi connectivity index (χ2n) is 4.31. The molecule has 0 bridgehead atoms. The van der Waals surface area contributed by atoms with Crippen molar-refractivity contribution in [3.05, 3.63) is 35.1 Å². The number of aryl methyl sites for hydroxylation is 1. The quantitative estimate of drug-likeness (QED) is 0.818. The molecule has 2 N–H and O–H groups in total. The van der Waals surface area contributed by atoms with Gasteiger partial charge in [-0.3, -0.25) is 10.1 Å². The van der Waals surface area contributed by atoms with Crippen molar-refractivity contribution in [2.75, 3.05) is 0 Å². The predicted molar refractivity (Wildman–Crippen MR) is 57.6 cm³/mol. The van der Waals surface area contributed by atoms with E-state index in [0.717, 1.165) is 11.1 Å². The molecule has 1 aromatic rings. The van der Waals surface area contributed by atoms with E-state index < -0.39 is 11.5 Å². The van der Waals surface area contributed by atoms with Crippen LogP contribution in [0, 0.1) is 12.7 Å². The summed E-state index contributed by atoms with van der Waals surface area (Å²) in [5, 5.41) is 12.0. The molecule has 0 saturated heterocycles. The molecule has 86 valence electrons. The van der Waals surface area contributed by atoms with Crippen molar-refractivity contribution in [3.63, 3.8) is 0 Å². The molecule has 0 spiro atoms. The predicted octanol–water partition coefficient (Wildman–Crippen LogP) is 1.84. The van der Waals surface area contributed by atoms with Gasteiger partial charge in [0.05, 0.1) is 0 Å². The molecule has 0 unspecified atom stereocenters. The van der Waals surface area contributed by atoms with E-state index in [1.165, 1.54) is 12.1 Å². The second-order valence-corrected chi connectivity index (χ2v) is 4.31. The molecule has 0 aliphatic heterocycles. The third-order valence-corrected chi connectivity index (χ3v) is 3.08. The number of carboxylic acids is 1. The fourth-order valence-electron chi connectivity index (χ4n) is 1.71. The van der Waals surface area contributed by atoms with Gasteiger partial charge in [-0.2, -0.15) is 0 Å². The van der Waals surface area contributed by atoms with E-state index in [0.29, 0.717) is 19.4 Å². The van der Waals surface area contributed by atoms with Gasteiger partial charge >= 0.3 is 5.97 Å². The Morgan fingerprint density at radius 3 is 2.75 bits per heavy atom. The van der Waals surface area contributed by atoms with Crippen LogP contribution in [0.5, 0.6) is 0 Å². The van der Waals surface area contributed by atoms with E-state index >= 15 is 0 Å². The van der Waals surface area contributed by atoms with Gasteiger partial charge in [-0.1, -0.05) is 6.07 Å². The molecule has 0 heterocycles. The maximum atomic E-state index is 12.8. The van der Waals surface area contributed by atoms with Crippen molar-refractivity contribution in [2.45, 2.75) is 31.8 Å². The summed E-state index contributed by atoms with van der Waals surface area (Å²) in [4.78, 5) is 10.9. The van der Waals surface area contributed by atoms with E-state index in [1.54, 1.807) is 6.07 Å². The first kappa shape index (κ1) is 11.1. The highest BCUT2D eigenvalue weighted by atomic mass is 19.1. The summed E-state index contributed by atoms with van der Waals surface area (Å²) in [6.45, 7) is 2.29. The van der Waals surface area contributed by atoms with E-state index in [9.17, 15) is 9.18 Å². The first-order valence-corrected chi connectivity index (χ1v) is 5.27. The van der Waals surface area contributed by atoms with Crippen LogP contribution in [0.15, 0.2) is 18.2 Å². The Kier molecular flexibility index (Phi) is 2.68. The lowest BCUT2D eigenvalue weighted by atomic mass is 10.1. The normalized spacial score (nSPS) is 17.1. The summed E-state index contributed by atoms with van der Waals surface area (Å²) in [5.74, 6) is -1.06. The summed E-state index contributed by atoms with van der Waals surface area (Å²) >= 11 is 0. The molecule has 1 aliphatic rings. The van der Waals surface area contributed by atoms with E-state index in [1.807, 2.05) is 6.92 Å². The maximum absolute atomic E-state index is 12.8. The van der Waals surface area contributed by atoms with Gasteiger partial charge in [0.25, 0.3) is 0 Å². The molecule has 3 nitrogen and oxygen atoms in total. The molecule has 1 aromatic carbocycles. The number of rotatable bonds is 4. The van der Waals surface area contributed by atoms with Gasteiger partial charge in [-0.05, 0) is 43.0 Å². The molecule has 2 rings (SSSR count). The first-order chi connectivity index (χ1) is 7.53. The molecule has 0 radical (unpaired) electrons. The first-order valence-electron chi connectivity index (χ1n) is 5.27. The number of carboxylic acid groups (broad SMARTS) is 1. The molecule has 1 fully saturated rings. The van der Waals surface area contributed by atoms with Crippen LogP contribution in [-0.4, -0.2) is 16.6 Å². The Morgan fingerprint density at radius 2 is 2.25 bits per heavy atom. The molecular weight excluding hydrogens is 209 g/mol. The molecule has 4 heteroatoms. The number of aliphatic carboxylic acids is 1. The Labute approximate surface area is 93.3 Å². The third kappa shape index (κ3) is 2.07. The summed E-state index contributed by atoms with van der Waals surface area (Å²) in [6.07, 6.45) is 1.34. The van der Waals surface area contributed by atoms with E-state index in [-0.39, 0.29) is 5.82 Å². The highest BCUT2D eigenvalue weighted by Gasteiger charge is 2.49. The smallest absolute Gasteiger partial charge is 0.323 e. The lowest BCUT2D eigenvalue weighted by Gasteiger charge is -2.13. The molecular formula is C12H14FNO2. The maximum Gasteiger partial charge on any atom is 0.323 e. The van der Waals surface area contributed by atoms with Gasteiger partial charge in [0.2, 0.25) is 0 Å². The van der Waals surface area contributed by atoms with Crippen LogP contribution in [0.4, 0.5) is 4.39 Å². The fraction of sp³-hybridized carbons (Fsp3) is 0.417. The van der Waals surface area contributed by atoms with Gasteiger partial charge in [-0.15, -0.1) is 0 Å². The van der Waals surface area contributed by atoms with Gasteiger partial charge in [-0.25, -0.2) is 4.39 Å². The lowest BCUT2D eigenvalue weighted by Crippen LogP contribution is -2.38. The van der Waals surface area contributed by atoms with Crippen LogP contribution in [0.25, 0.3) is 0 Å². The molecule has 0 aromatic heterocycles. The van der Waals surface area contributed by atoms with Crippen molar-refractivity contribution in [1.29, 1.82) is 0 Å². The number of hydrogen-bond donors (Lipinski definition) is 2. The number of nitrogens with one attached hydrogen (secondary N) is 1. The van der Waals surface area contributed by atoms with E-state index in [4.69, 9.17) is 5.11 Å². The van der Waals surface area contributed by atoms with Crippen molar-refractivity contribution in [1.82, 2.24) is 5.32 Å². The molecule has 16 heavy (non-hydrogen) atoms. The average molecular weight is 223 g/mol. The minimum absolute atomic E-state index is 0.263. The van der Waals surface area contributed by atoms with Crippen LogP contribution in [-0.2, 0) is 11.3 Å². The lowest BCUT2D eigenvalue weighted by molar-refractivity contribution is -0.140. The zero-order valence-electron chi connectivity index (χ0n) is 9.09. The topological polar surface area (TPSA) is 49.3 Å². The van der Waals surface area contributed by atoms with Gasteiger partial charge in [0.1, 0.15) is 11.4 Å². The minimum atomic E-state index is -0.799. The SMILES string of the molecule is Cc1cc(F)ccc1CNC1(C(=O)O)CC1. The van der Waals surface area contributed by atoms with Crippen LogP contribution < -0.4 is 5.32 Å². The van der Waals surface area contributed by atoms with Crippen LogP contribution in [0.3, 0.4) is 0 Å². The Morgan fingerprint density at radius 1 is 1.56 bits per heavy atom. The minimum Gasteiger partial charge on any atom is -0.480 e. The fourth-order valence-corrected chi connectivity index (χ4v) is 1.71. The van der Waals surface area contributed by atoms with Crippen LogP contribution >= 0.6 is 0 Å². The number of benzene rings is 1. The summed E-state index contributed by atoms with van der Waals surface area (Å²) in [5.41, 5.74) is 1.04. The van der Waals surface area contributed by atoms with Gasteiger partial charge < -0.3 is 5.11 Å². The summed E-state index contributed by atoms with van der Waals surface area (Å²) < 4.78 is 12.8. The molecule has 0 amide bonds. The van der Waals surface area contributed by atoms with E-state index in [2.05, 4.69) is 5.32 Å². The second kappa shape index (κ2) is 3.87. The monoisotopic (exact) mass is 223 g/mol. The van der Waals surface area contributed by atoms with Crippen molar-refractivity contribution in [2.24, 2.45) is 0 Å². The number of carbonyl (C=O) groups is 1. The summed E-state index contributed by atoms with van der Waals surface area (Å²) in [6, 6.07) is 4.54. The zero-order valence-corrected chi connectivity index (χ0v) is 9.09. The molecule has 1 aliphatic carbocycles. The van der Waals surface area contributed by atoms with Crippen molar-refractivity contribution < 1.29 is 14.3 Å². The van der Waals surface area contributed by atoms with Gasteiger partial charge in [0, 0.05) is 6.54 Å². The Bertz CT molecular complexity index is 427. The highest BCUT2D eigenvalue weighted by molar-refractivity contribution is 5.82. The highest BCUT2D eigenvalue weighted by Crippen LogP contribution is 2.35. The Hall–Kier alpha value is -1.42. The average Bonchev–Trinajstić information content (AvgIpc) is 2.97. The largest absolute Gasteiger partial charge is 0.480 e. The Balaban J connectivity index is 2.03. The van der Waals surface area contributed by atoms with Crippen LogP contribution in [0.2, 0.25) is 0 Å². The van der Waals surface area contributed by atoms with Crippen molar-refractivity contribution in [3.8, 4) is 0 Å².